The van der Waals surface area contributed by atoms with Gasteiger partial charge in [0.15, 0.2) is 5.83 Å². The third-order valence-electron chi connectivity index (χ3n) is 6.11. The molecule has 1 N–H and O–H groups in total. The average Bonchev–Trinajstić information content (AvgIpc) is 3.08. The third-order valence-corrected chi connectivity index (χ3v) is 6.11. The first-order valence-electron chi connectivity index (χ1n) is 11.2. The first-order valence-corrected chi connectivity index (χ1v) is 11.2. The second-order valence-electron chi connectivity index (χ2n) is 8.56. The lowest BCUT2D eigenvalue weighted by molar-refractivity contribution is -0.119. The van der Waals surface area contributed by atoms with E-state index in [0.29, 0.717) is 24.4 Å². The number of nitrogens with one attached hydrogen (secondary N) is 1. The smallest absolute Gasteiger partial charge is 0.217 e. The number of rotatable bonds is 7. The Labute approximate surface area is 183 Å². The summed E-state index contributed by atoms with van der Waals surface area (Å²) >= 11 is 0. The molecule has 0 aromatic heterocycles. The van der Waals surface area contributed by atoms with Gasteiger partial charge in [-0.05, 0) is 50.0 Å². The van der Waals surface area contributed by atoms with Gasteiger partial charge < -0.3 is 19.7 Å². The van der Waals surface area contributed by atoms with Crippen LogP contribution in [0.5, 0.6) is 5.75 Å². The number of carbonyl (C=O) groups is 1. The highest BCUT2D eigenvalue weighted by molar-refractivity contribution is 5.73. The maximum Gasteiger partial charge on any atom is 0.217 e. The lowest BCUT2D eigenvalue weighted by atomic mass is 9.96. The largest absolute Gasteiger partial charge is 0.491 e. The standard InChI is InChI=1S/C25H31FN2O3/c1-17(27-18(2)29)19-10-12-21(13-11-19)30-22-14-15-28(16-22)23-8-3-4-9-24(25(23)26)31-20-6-5-7-20/h3-4,8,10-13,17,20,22H,5-7,9,14-16H2,1-2H3,(H,27,29). The van der Waals surface area contributed by atoms with Crippen LogP contribution in [0.2, 0.25) is 0 Å². The number of nitrogens with zero attached hydrogens (tertiary/aromatic N) is 1. The monoisotopic (exact) mass is 426 g/mol. The van der Waals surface area contributed by atoms with Gasteiger partial charge in [-0.15, -0.1) is 0 Å². The molecule has 1 heterocycles. The molecule has 2 fully saturated rings. The lowest BCUT2D eigenvalue weighted by Gasteiger charge is -2.28. The molecule has 2 atom stereocenters. The van der Waals surface area contributed by atoms with Gasteiger partial charge in [0.1, 0.15) is 17.6 Å². The molecule has 2 aliphatic carbocycles. The first-order chi connectivity index (χ1) is 15.0. The number of carbonyl (C=O) groups excluding carboxylic acids is 1. The van der Waals surface area contributed by atoms with Crippen LogP contribution in [-0.4, -0.2) is 36.1 Å². The van der Waals surface area contributed by atoms with E-state index in [0.717, 1.165) is 43.5 Å². The van der Waals surface area contributed by atoms with Gasteiger partial charge in [0.05, 0.1) is 24.4 Å². The summed E-state index contributed by atoms with van der Waals surface area (Å²) in [5.74, 6) is 0.946. The van der Waals surface area contributed by atoms with Crippen molar-refractivity contribution < 1.29 is 18.7 Å². The van der Waals surface area contributed by atoms with Crippen LogP contribution < -0.4 is 10.1 Å². The summed E-state index contributed by atoms with van der Waals surface area (Å²) < 4.78 is 27.3. The van der Waals surface area contributed by atoms with E-state index in [-0.39, 0.29) is 30.0 Å². The zero-order valence-electron chi connectivity index (χ0n) is 18.3. The van der Waals surface area contributed by atoms with Gasteiger partial charge in [-0.25, -0.2) is 4.39 Å². The third kappa shape index (κ3) is 5.30. The van der Waals surface area contributed by atoms with Crippen LogP contribution in [0, 0.1) is 0 Å². The van der Waals surface area contributed by atoms with Crippen molar-refractivity contribution in [2.75, 3.05) is 13.1 Å². The molecule has 2 unspecified atom stereocenters. The second kappa shape index (κ2) is 9.58. The van der Waals surface area contributed by atoms with E-state index in [1.54, 1.807) is 0 Å². The molecular weight excluding hydrogens is 395 g/mol. The number of benzene rings is 1. The van der Waals surface area contributed by atoms with Crippen LogP contribution in [0.3, 0.4) is 0 Å². The molecule has 1 aliphatic heterocycles. The van der Waals surface area contributed by atoms with E-state index in [2.05, 4.69) is 5.32 Å². The molecule has 1 saturated heterocycles. The van der Waals surface area contributed by atoms with E-state index in [1.165, 1.54) is 6.92 Å². The van der Waals surface area contributed by atoms with Crippen molar-refractivity contribution in [1.82, 2.24) is 10.2 Å². The Morgan fingerprint density at radius 3 is 2.61 bits per heavy atom. The Morgan fingerprint density at radius 1 is 1.16 bits per heavy atom. The van der Waals surface area contributed by atoms with E-state index in [4.69, 9.17) is 9.47 Å². The Balaban J connectivity index is 1.36. The van der Waals surface area contributed by atoms with Crippen molar-refractivity contribution in [1.29, 1.82) is 0 Å². The Hall–Kier alpha value is -2.76. The molecule has 0 spiro atoms. The fourth-order valence-electron chi connectivity index (χ4n) is 4.13. The minimum atomic E-state index is -0.242. The van der Waals surface area contributed by atoms with Gasteiger partial charge in [0.25, 0.3) is 0 Å². The lowest BCUT2D eigenvalue weighted by Crippen LogP contribution is -2.26. The molecule has 31 heavy (non-hydrogen) atoms. The van der Waals surface area contributed by atoms with Crippen LogP contribution in [0.4, 0.5) is 4.39 Å². The minimum absolute atomic E-state index is 0.00412. The van der Waals surface area contributed by atoms with Crippen LogP contribution in [0.15, 0.2) is 59.8 Å². The molecule has 166 valence electrons. The molecule has 0 radical (unpaired) electrons. The van der Waals surface area contributed by atoms with Gasteiger partial charge in [0.2, 0.25) is 5.91 Å². The van der Waals surface area contributed by atoms with Gasteiger partial charge >= 0.3 is 0 Å². The number of halogens is 1. The summed E-state index contributed by atoms with van der Waals surface area (Å²) in [6, 6.07) is 7.74. The molecule has 0 bridgehead atoms. The summed E-state index contributed by atoms with van der Waals surface area (Å²) in [6.45, 7) is 4.84. The van der Waals surface area contributed by atoms with Crippen molar-refractivity contribution in [3.8, 4) is 5.75 Å². The van der Waals surface area contributed by atoms with Crippen LogP contribution in [0.25, 0.3) is 0 Å². The summed E-state index contributed by atoms with van der Waals surface area (Å²) in [5.41, 5.74) is 1.62. The van der Waals surface area contributed by atoms with Crippen LogP contribution in [0.1, 0.15) is 57.6 Å². The summed E-state index contributed by atoms with van der Waals surface area (Å²) in [4.78, 5) is 13.3. The van der Waals surface area contributed by atoms with Crippen molar-refractivity contribution in [3.63, 3.8) is 0 Å². The predicted octanol–water partition coefficient (Wildman–Crippen LogP) is 4.93. The molecule has 3 aliphatic rings. The molecule has 1 amide bonds. The Bertz CT molecular complexity index is 887. The summed E-state index contributed by atoms with van der Waals surface area (Å²) in [5, 5.41) is 2.88. The highest BCUT2D eigenvalue weighted by Gasteiger charge is 2.30. The van der Waals surface area contributed by atoms with Crippen molar-refractivity contribution >= 4 is 5.91 Å². The highest BCUT2D eigenvalue weighted by Crippen LogP contribution is 2.33. The van der Waals surface area contributed by atoms with E-state index in [1.807, 2.05) is 54.3 Å². The average molecular weight is 427 g/mol. The molecule has 4 rings (SSSR count). The molecule has 6 heteroatoms. The molecule has 5 nitrogen and oxygen atoms in total. The fourth-order valence-corrected chi connectivity index (χ4v) is 4.13. The number of hydrogen-bond donors (Lipinski definition) is 1. The highest BCUT2D eigenvalue weighted by atomic mass is 19.1. The van der Waals surface area contributed by atoms with E-state index in [9.17, 15) is 4.79 Å². The Morgan fingerprint density at radius 2 is 1.94 bits per heavy atom. The maximum absolute atomic E-state index is 15.2. The predicted molar refractivity (Wildman–Crippen MR) is 118 cm³/mol. The van der Waals surface area contributed by atoms with Gasteiger partial charge in [0, 0.05) is 26.3 Å². The van der Waals surface area contributed by atoms with Crippen LogP contribution in [-0.2, 0) is 9.53 Å². The normalized spacial score (nSPS) is 22.5. The number of ether oxygens (including phenoxy) is 2. The van der Waals surface area contributed by atoms with Crippen molar-refractivity contribution in [2.45, 2.75) is 64.2 Å². The quantitative estimate of drug-likeness (QED) is 0.672. The summed E-state index contributed by atoms with van der Waals surface area (Å²) in [7, 11) is 0. The zero-order chi connectivity index (χ0) is 21.8. The number of allylic oxidation sites excluding steroid dienone is 4. The van der Waals surface area contributed by atoms with Gasteiger partial charge in [-0.2, -0.15) is 0 Å². The van der Waals surface area contributed by atoms with Gasteiger partial charge in [-0.3, -0.25) is 4.79 Å². The molecular formula is C25H31FN2O3. The molecule has 1 aromatic rings. The Kier molecular flexibility index (Phi) is 6.64. The molecule has 1 aromatic carbocycles. The molecule has 1 saturated carbocycles. The number of amides is 1. The number of likely N-dealkylation sites (tertiary alicyclic amines) is 1. The minimum Gasteiger partial charge on any atom is -0.491 e. The van der Waals surface area contributed by atoms with Crippen molar-refractivity contribution in [2.24, 2.45) is 0 Å². The van der Waals surface area contributed by atoms with Crippen LogP contribution >= 0.6 is 0 Å². The number of hydrogen-bond acceptors (Lipinski definition) is 4. The first kappa shape index (κ1) is 21.5. The zero-order valence-corrected chi connectivity index (χ0v) is 18.3. The topological polar surface area (TPSA) is 50.8 Å². The second-order valence-corrected chi connectivity index (χ2v) is 8.56. The summed E-state index contributed by atoms with van der Waals surface area (Å²) in [6.07, 6.45) is 10.4. The van der Waals surface area contributed by atoms with E-state index >= 15 is 4.39 Å². The van der Waals surface area contributed by atoms with Gasteiger partial charge in [-0.1, -0.05) is 24.3 Å². The fraction of sp³-hybridized carbons (Fsp3) is 0.480. The van der Waals surface area contributed by atoms with Crippen molar-refractivity contribution in [3.05, 3.63) is 65.3 Å². The maximum atomic E-state index is 15.2. The SMILES string of the molecule is CC(=O)NC(C)c1ccc(OC2CCN(C3=CC=CCC(OC4CCC4)=C3F)C2)cc1. The van der Waals surface area contributed by atoms with E-state index < -0.39 is 0 Å².